The van der Waals surface area contributed by atoms with E-state index in [9.17, 15) is 9.18 Å². The second-order valence-corrected chi connectivity index (χ2v) is 4.50. The van der Waals surface area contributed by atoms with Crippen LogP contribution in [-0.4, -0.2) is 25.2 Å². The molecule has 7 heteroatoms. The van der Waals surface area contributed by atoms with E-state index in [2.05, 4.69) is 9.72 Å². The summed E-state index contributed by atoms with van der Waals surface area (Å²) in [5, 5.41) is 0.494. The molecule has 110 valence electrons. The number of anilines is 1. The van der Waals surface area contributed by atoms with Crippen molar-refractivity contribution in [1.82, 2.24) is 4.98 Å². The lowest BCUT2D eigenvalue weighted by atomic mass is 10.1. The Labute approximate surface area is 125 Å². The fourth-order valence-corrected chi connectivity index (χ4v) is 1.93. The number of carbonyl (C=O) groups is 1. The van der Waals surface area contributed by atoms with Crippen molar-refractivity contribution < 1.29 is 18.7 Å². The predicted molar refractivity (Wildman–Crippen MR) is 76.9 cm³/mol. The van der Waals surface area contributed by atoms with Crippen LogP contribution < -0.4 is 10.5 Å². The van der Waals surface area contributed by atoms with E-state index in [0.717, 1.165) is 0 Å². The van der Waals surface area contributed by atoms with Crippen molar-refractivity contribution in [1.29, 1.82) is 0 Å². The van der Waals surface area contributed by atoms with Gasteiger partial charge in [-0.2, -0.15) is 0 Å². The Balaban J connectivity index is 2.69. The van der Waals surface area contributed by atoms with E-state index in [-0.39, 0.29) is 22.8 Å². The predicted octanol–water partition coefficient (Wildman–Crippen LogP) is 2.92. The number of hydrogen-bond donors (Lipinski definition) is 1. The molecule has 2 N–H and O–H groups in total. The molecule has 0 bridgehead atoms. The van der Waals surface area contributed by atoms with Gasteiger partial charge in [-0.05, 0) is 12.1 Å². The minimum absolute atomic E-state index is 0.0784. The lowest BCUT2D eigenvalue weighted by Crippen LogP contribution is -2.12. The number of aromatic nitrogens is 1. The molecule has 1 aromatic heterocycles. The zero-order valence-corrected chi connectivity index (χ0v) is 12.1. The highest BCUT2D eigenvalue weighted by Gasteiger charge is 2.24. The van der Waals surface area contributed by atoms with Gasteiger partial charge in [0.15, 0.2) is 17.3 Å². The molecule has 0 radical (unpaired) electrons. The largest absolute Gasteiger partial charge is 0.492 e. The number of pyridine rings is 1. The van der Waals surface area contributed by atoms with Gasteiger partial charge in [0.05, 0.1) is 14.2 Å². The zero-order chi connectivity index (χ0) is 15.6. The van der Waals surface area contributed by atoms with Gasteiger partial charge in [-0.3, -0.25) is 0 Å². The Kier molecular flexibility index (Phi) is 4.28. The van der Waals surface area contributed by atoms with Gasteiger partial charge in [-0.15, -0.1) is 0 Å². The van der Waals surface area contributed by atoms with Gasteiger partial charge in [0.25, 0.3) is 0 Å². The summed E-state index contributed by atoms with van der Waals surface area (Å²) in [7, 11) is 2.45. The number of halogens is 2. The molecule has 1 aromatic carbocycles. The molecule has 0 saturated heterocycles. The monoisotopic (exact) mass is 310 g/mol. The summed E-state index contributed by atoms with van der Waals surface area (Å²) >= 11 is 5.79. The molecule has 5 nitrogen and oxygen atoms in total. The van der Waals surface area contributed by atoms with E-state index in [1.807, 2.05) is 0 Å². The van der Waals surface area contributed by atoms with Gasteiger partial charge in [0.2, 0.25) is 0 Å². The summed E-state index contributed by atoms with van der Waals surface area (Å²) in [6, 6.07) is 6.30. The number of rotatable bonds is 3. The summed E-state index contributed by atoms with van der Waals surface area (Å²) in [6.07, 6.45) is 0. The van der Waals surface area contributed by atoms with Crippen LogP contribution in [0.4, 0.5) is 10.1 Å². The van der Waals surface area contributed by atoms with Gasteiger partial charge < -0.3 is 15.2 Å². The van der Waals surface area contributed by atoms with Gasteiger partial charge in [-0.1, -0.05) is 23.7 Å². The third kappa shape index (κ3) is 2.75. The summed E-state index contributed by atoms with van der Waals surface area (Å²) in [4.78, 5) is 15.7. The molecule has 0 aliphatic rings. The molecule has 0 aliphatic heterocycles. The summed E-state index contributed by atoms with van der Waals surface area (Å²) in [5.74, 6) is -1.70. The molecule has 0 fully saturated rings. The van der Waals surface area contributed by atoms with E-state index >= 15 is 0 Å². The van der Waals surface area contributed by atoms with Gasteiger partial charge in [0, 0.05) is 10.6 Å². The highest BCUT2D eigenvalue weighted by Crippen LogP contribution is 2.34. The van der Waals surface area contributed by atoms with E-state index in [4.69, 9.17) is 22.1 Å². The van der Waals surface area contributed by atoms with Crippen molar-refractivity contribution in [2.24, 2.45) is 0 Å². The number of esters is 1. The molecule has 0 spiro atoms. The van der Waals surface area contributed by atoms with Gasteiger partial charge in [0.1, 0.15) is 11.4 Å². The Morgan fingerprint density at radius 1 is 1.29 bits per heavy atom. The average molecular weight is 311 g/mol. The van der Waals surface area contributed by atoms with Crippen molar-refractivity contribution in [2.45, 2.75) is 0 Å². The highest BCUT2D eigenvalue weighted by molar-refractivity contribution is 6.30. The van der Waals surface area contributed by atoms with E-state index < -0.39 is 11.8 Å². The number of nitrogens with zero attached hydrogens (tertiary/aromatic N) is 1. The van der Waals surface area contributed by atoms with Crippen LogP contribution in [0.1, 0.15) is 10.5 Å². The van der Waals surface area contributed by atoms with Gasteiger partial charge in [-0.25, -0.2) is 14.2 Å². The maximum atomic E-state index is 14.3. The number of nitrogen functional groups attached to an aromatic ring is 1. The second-order valence-electron chi connectivity index (χ2n) is 4.07. The molecule has 0 aliphatic carbocycles. The van der Waals surface area contributed by atoms with Crippen molar-refractivity contribution in [2.75, 3.05) is 20.0 Å². The molecule has 2 aromatic rings. The molecule has 0 amide bonds. The highest BCUT2D eigenvalue weighted by atomic mass is 35.5. The van der Waals surface area contributed by atoms with Crippen LogP contribution in [0.3, 0.4) is 0 Å². The molecular formula is C14H12ClFN2O3. The first kappa shape index (κ1) is 15.1. The molecule has 0 atom stereocenters. The second kappa shape index (κ2) is 5.97. The number of methoxy groups -OCH3 is 2. The topological polar surface area (TPSA) is 74.4 Å². The average Bonchev–Trinajstić information content (AvgIpc) is 2.50. The van der Waals surface area contributed by atoms with E-state index in [1.54, 1.807) is 24.3 Å². The third-order valence-electron chi connectivity index (χ3n) is 2.83. The minimum atomic E-state index is -0.776. The first-order chi connectivity index (χ1) is 9.99. The smallest absolute Gasteiger partial charge is 0.360 e. The molecule has 1 heterocycles. The molecule has 21 heavy (non-hydrogen) atoms. The lowest BCUT2D eigenvalue weighted by Gasteiger charge is -2.13. The lowest BCUT2D eigenvalue weighted by molar-refractivity contribution is 0.0590. The van der Waals surface area contributed by atoms with Gasteiger partial charge >= 0.3 is 5.97 Å². The molecule has 0 unspecified atom stereocenters. The fraction of sp³-hybridized carbons (Fsp3) is 0.143. The summed E-state index contributed by atoms with van der Waals surface area (Å²) in [6.45, 7) is 0. The normalized spacial score (nSPS) is 10.3. The number of nitrogens with two attached hydrogens (primary N) is 1. The zero-order valence-electron chi connectivity index (χ0n) is 11.3. The van der Waals surface area contributed by atoms with Crippen LogP contribution in [0.25, 0.3) is 11.3 Å². The molecule has 2 rings (SSSR count). The van der Waals surface area contributed by atoms with Crippen molar-refractivity contribution in [3.63, 3.8) is 0 Å². The van der Waals surface area contributed by atoms with E-state index in [0.29, 0.717) is 10.6 Å². The summed E-state index contributed by atoms with van der Waals surface area (Å²) in [5.41, 5.74) is 5.53. The number of benzene rings is 1. The number of hydrogen-bond acceptors (Lipinski definition) is 5. The first-order valence-corrected chi connectivity index (χ1v) is 6.24. The maximum absolute atomic E-state index is 14.3. The first-order valence-electron chi connectivity index (χ1n) is 5.86. The molecule has 0 saturated carbocycles. The maximum Gasteiger partial charge on any atom is 0.360 e. The van der Waals surface area contributed by atoms with Crippen LogP contribution in [0.15, 0.2) is 24.3 Å². The fourth-order valence-electron chi connectivity index (χ4n) is 1.81. The van der Waals surface area contributed by atoms with E-state index in [1.165, 1.54) is 14.2 Å². The Morgan fingerprint density at radius 3 is 2.43 bits per heavy atom. The van der Waals surface area contributed by atoms with Crippen molar-refractivity contribution >= 4 is 23.3 Å². The van der Waals surface area contributed by atoms with Crippen LogP contribution in [-0.2, 0) is 4.74 Å². The molecular weight excluding hydrogens is 299 g/mol. The van der Waals surface area contributed by atoms with Crippen molar-refractivity contribution in [3.8, 4) is 17.0 Å². The Bertz CT molecular complexity index is 690. The Morgan fingerprint density at radius 2 is 1.90 bits per heavy atom. The SMILES string of the molecule is COC(=O)c1nc(-c2ccc(Cl)cc2)c(F)c(N)c1OC. The van der Waals surface area contributed by atoms with Crippen LogP contribution in [0, 0.1) is 5.82 Å². The van der Waals surface area contributed by atoms with Crippen LogP contribution >= 0.6 is 11.6 Å². The summed E-state index contributed by atoms with van der Waals surface area (Å²) < 4.78 is 23.9. The minimum Gasteiger partial charge on any atom is -0.492 e. The van der Waals surface area contributed by atoms with Crippen molar-refractivity contribution in [3.05, 3.63) is 40.8 Å². The van der Waals surface area contributed by atoms with Crippen LogP contribution in [0.2, 0.25) is 5.02 Å². The number of carbonyl (C=O) groups excluding carboxylic acids is 1. The standard InChI is InChI=1S/C14H12ClFN2O3/c1-20-13-10(17)9(16)11(18-12(13)14(19)21-2)7-3-5-8(15)6-4-7/h3-6H,1-2H3,(H2,17,18). The van der Waals surface area contributed by atoms with Crippen LogP contribution in [0.5, 0.6) is 5.75 Å². The number of ether oxygens (including phenoxy) is 2. The quantitative estimate of drug-likeness (QED) is 0.882. The Hall–Kier alpha value is -2.34. The third-order valence-corrected chi connectivity index (χ3v) is 3.08.